The molecule has 0 unspecified atom stereocenters. The monoisotopic (exact) mass is 273 g/mol. The lowest BCUT2D eigenvalue weighted by molar-refractivity contribution is 0.146. The number of aryl methyl sites for hydroxylation is 1. The van der Waals surface area contributed by atoms with Gasteiger partial charge in [0.15, 0.2) is 0 Å². The molecule has 1 heterocycles. The van der Waals surface area contributed by atoms with Crippen LogP contribution in [0.15, 0.2) is 53.1 Å². The largest absolute Gasteiger partial charge is 0.467 e. The van der Waals surface area contributed by atoms with Crippen molar-refractivity contribution in [2.75, 3.05) is 13.1 Å². The molecule has 0 spiro atoms. The Morgan fingerprint density at radius 3 is 2.60 bits per heavy atom. The second kappa shape index (κ2) is 7.88. The Balaban J connectivity index is 1.62. The summed E-state index contributed by atoms with van der Waals surface area (Å²) < 4.78 is 5.17. The van der Waals surface area contributed by atoms with Gasteiger partial charge in [0, 0.05) is 6.54 Å². The fourth-order valence-electron chi connectivity index (χ4n) is 2.21. The minimum absolute atomic E-state index is 0.531. The summed E-state index contributed by atoms with van der Waals surface area (Å²) in [5.41, 5.74) is 1.38. The van der Waals surface area contributed by atoms with Crippen LogP contribution in [0, 0.1) is 5.92 Å². The van der Waals surface area contributed by atoms with Crippen molar-refractivity contribution < 1.29 is 9.52 Å². The number of hydrogen-bond donors (Lipinski definition) is 2. The predicted octanol–water partition coefficient (Wildman–Crippen LogP) is 3.17. The Bertz CT molecular complexity index is 467. The van der Waals surface area contributed by atoms with Crippen LogP contribution in [0.5, 0.6) is 0 Å². The average Bonchev–Trinajstić information content (AvgIpc) is 3.00. The molecule has 2 rings (SSSR count). The zero-order chi connectivity index (χ0) is 14.2. The summed E-state index contributed by atoms with van der Waals surface area (Å²) >= 11 is 0. The normalized spacial score (nSPS) is 14.1. The van der Waals surface area contributed by atoms with E-state index in [1.807, 2.05) is 6.07 Å². The highest BCUT2D eigenvalue weighted by atomic mass is 16.4. The molecule has 1 aromatic carbocycles. The van der Waals surface area contributed by atoms with Crippen molar-refractivity contribution in [3.8, 4) is 0 Å². The first kappa shape index (κ1) is 14.8. The highest BCUT2D eigenvalue weighted by Crippen LogP contribution is 2.12. The highest BCUT2D eigenvalue weighted by Gasteiger charge is 2.10. The summed E-state index contributed by atoms with van der Waals surface area (Å²) in [5.74, 6) is 1.20. The van der Waals surface area contributed by atoms with Crippen LogP contribution in [-0.4, -0.2) is 18.2 Å². The third kappa shape index (κ3) is 4.83. The number of rotatable bonds is 8. The Hall–Kier alpha value is -1.58. The molecule has 0 amide bonds. The van der Waals surface area contributed by atoms with E-state index in [0.29, 0.717) is 18.2 Å². The molecular formula is C17H23NO2. The minimum Gasteiger partial charge on any atom is -0.467 e. The van der Waals surface area contributed by atoms with Crippen LogP contribution in [0.2, 0.25) is 0 Å². The fourth-order valence-corrected chi connectivity index (χ4v) is 2.21. The smallest absolute Gasteiger partial charge is 0.133 e. The quantitative estimate of drug-likeness (QED) is 0.776. The molecule has 0 saturated carbocycles. The molecule has 0 bridgehead atoms. The number of hydrogen-bond acceptors (Lipinski definition) is 3. The van der Waals surface area contributed by atoms with Crippen LogP contribution < -0.4 is 5.32 Å². The van der Waals surface area contributed by atoms with Crippen molar-refractivity contribution in [2.24, 2.45) is 5.92 Å². The van der Waals surface area contributed by atoms with Gasteiger partial charge in [0.1, 0.15) is 11.9 Å². The Labute approximate surface area is 120 Å². The fraction of sp³-hybridized carbons (Fsp3) is 0.412. The van der Waals surface area contributed by atoms with Gasteiger partial charge >= 0.3 is 0 Å². The second-order valence-corrected chi connectivity index (χ2v) is 5.32. The first-order valence-electron chi connectivity index (χ1n) is 7.22. The predicted molar refractivity (Wildman–Crippen MR) is 80.5 cm³/mol. The zero-order valence-electron chi connectivity index (χ0n) is 12.0. The van der Waals surface area contributed by atoms with Gasteiger partial charge in [-0.3, -0.25) is 0 Å². The van der Waals surface area contributed by atoms with E-state index >= 15 is 0 Å². The van der Waals surface area contributed by atoms with Crippen LogP contribution in [0.25, 0.3) is 0 Å². The highest BCUT2D eigenvalue weighted by molar-refractivity contribution is 5.14. The molecule has 0 fully saturated rings. The van der Waals surface area contributed by atoms with Crippen LogP contribution in [0.3, 0.4) is 0 Å². The molecule has 1 aromatic heterocycles. The topological polar surface area (TPSA) is 45.4 Å². The van der Waals surface area contributed by atoms with Crippen LogP contribution in [0.1, 0.15) is 30.8 Å². The van der Waals surface area contributed by atoms with Gasteiger partial charge in [0.2, 0.25) is 0 Å². The van der Waals surface area contributed by atoms with Crippen molar-refractivity contribution in [1.29, 1.82) is 0 Å². The van der Waals surface area contributed by atoms with E-state index in [1.54, 1.807) is 18.4 Å². The molecule has 0 saturated heterocycles. The lowest BCUT2D eigenvalue weighted by Crippen LogP contribution is -2.26. The summed E-state index contributed by atoms with van der Waals surface area (Å²) in [6.45, 7) is 3.67. The Kier molecular flexibility index (Phi) is 5.84. The van der Waals surface area contributed by atoms with Crippen molar-refractivity contribution >= 4 is 0 Å². The molecule has 2 aromatic rings. The average molecular weight is 273 g/mol. The summed E-state index contributed by atoms with van der Waals surface area (Å²) in [7, 11) is 0. The third-order valence-corrected chi connectivity index (χ3v) is 3.47. The lowest BCUT2D eigenvalue weighted by Gasteiger charge is -2.14. The molecular weight excluding hydrogens is 250 g/mol. The standard InChI is InChI=1S/C17H23NO2/c1-14(9-10-15-6-3-2-4-7-15)12-18-13-16(19)17-8-5-11-20-17/h2-8,11,14,16,18-19H,9-10,12-13H2,1H3/t14-,16-/m1/s1. The number of furan rings is 1. The van der Waals surface area contributed by atoms with Gasteiger partial charge in [0.05, 0.1) is 6.26 Å². The van der Waals surface area contributed by atoms with E-state index in [-0.39, 0.29) is 0 Å². The van der Waals surface area contributed by atoms with Crippen LogP contribution >= 0.6 is 0 Å². The summed E-state index contributed by atoms with van der Waals surface area (Å²) in [6.07, 6.45) is 3.27. The number of aliphatic hydroxyl groups excluding tert-OH is 1. The first-order chi connectivity index (χ1) is 9.75. The molecule has 3 heteroatoms. The Morgan fingerprint density at radius 1 is 1.10 bits per heavy atom. The molecule has 0 aliphatic carbocycles. The van der Waals surface area contributed by atoms with Gasteiger partial charge < -0.3 is 14.8 Å². The zero-order valence-corrected chi connectivity index (χ0v) is 12.0. The van der Waals surface area contributed by atoms with Crippen molar-refractivity contribution in [3.05, 3.63) is 60.1 Å². The van der Waals surface area contributed by atoms with Crippen molar-refractivity contribution in [3.63, 3.8) is 0 Å². The molecule has 0 radical (unpaired) electrons. The lowest BCUT2D eigenvalue weighted by atomic mass is 10.0. The molecule has 108 valence electrons. The van der Waals surface area contributed by atoms with Crippen molar-refractivity contribution in [1.82, 2.24) is 5.32 Å². The molecule has 3 nitrogen and oxygen atoms in total. The van der Waals surface area contributed by atoms with Gasteiger partial charge in [-0.25, -0.2) is 0 Å². The SMILES string of the molecule is C[C@H](CCc1ccccc1)CNC[C@@H](O)c1ccco1. The first-order valence-corrected chi connectivity index (χ1v) is 7.22. The number of benzene rings is 1. The number of aliphatic hydroxyl groups is 1. The van der Waals surface area contributed by atoms with E-state index in [1.165, 1.54) is 5.56 Å². The summed E-state index contributed by atoms with van der Waals surface area (Å²) in [4.78, 5) is 0. The molecule has 20 heavy (non-hydrogen) atoms. The van der Waals surface area contributed by atoms with Gasteiger partial charge in [-0.15, -0.1) is 0 Å². The van der Waals surface area contributed by atoms with E-state index in [2.05, 4.69) is 36.5 Å². The van der Waals surface area contributed by atoms with Crippen molar-refractivity contribution in [2.45, 2.75) is 25.9 Å². The van der Waals surface area contributed by atoms with Gasteiger partial charge in [-0.1, -0.05) is 37.3 Å². The maximum Gasteiger partial charge on any atom is 0.133 e. The van der Waals surface area contributed by atoms with Gasteiger partial charge in [0.25, 0.3) is 0 Å². The van der Waals surface area contributed by atoms with E-state index in [9.17, 15) is 5.11 Å². The Morgan fingerprint density at radius 2 is 1.90 bits per heavy atom. The van der Waals surface area contributed by atoms with Crippen LogP contribution in [-0.2, 0) is 6.42 Å². The summed E-state index contributed by atoms with van der Waals surface area (Å²) in [5, 5.41) is 13.2. The number of nitrogens with one attached hydrogen (secondary N) is 1. The maximum atomic E-state index is 9.87. The van der Waals surface area contributed by atoms with E-state index < -0.39 is 6.10 Å². The van der Waals surface area contributed by atoms with E-state index in [4.69, 9.17) is 4.42 Å². The van der Waals surface area contributed by atoms with E-state index in [0.717, 1.165) is 19.4 Å². The maximum absolute atomic E-state index is 9.87. The molecule has 2 N–H and O–H groups in total. The van der Waals surface area contributed by atoms with Crippen LogP contribution in [0.4, 0.5) is 0 Å². The van der Waals surface area contributed by atoms with Gasteiger partial charge in [-0.2, -0.15) is 0 Å². The molecule has 0 aliphatic heterocycles. The molecule has 0 aliphatic rings. The summed E-state index contributed by atoms with van der Waals surface area (Å²) in [6, 6.07) is 14.1. The minimum atomic E-state index is -0.564. The second-order valence-electron chi connectivity index (χ2n) is 5.32. The van der Waals surface area contributed by atoms with Gasteiger partial charge in [-0.05, 0) is 43.0 Å². The molecule has 2 atom stereocenters. The third-order valence-electron chi connectivity index (χ3n) is 3.47.